The van der Waals surface area contributed by atoms with Crippen molar-refractivity contribution in [2.75, 3.05) is 11.9 Å². The molecule has 1 N–H and O–H groups in total. The van der Waals surface area contributed by atoms with Crippen LogP contribution in [-0.4, -0.2) is 23.4 Å². The molecule has 0 spiro atoms. The van der Waals surface area contributed by atoms with Crippen LogP contribution < -0.4 is 5.32 Å². The van der Waals surface area contributed by atoms with Gasteiger partial charge < -0.3 is 10.1 Å². The molecular weight excluding hydrogens is 339 g/mol. The first kappa shape index (κ1) is 16.0. The Labute approximate surface area is 121 Å². The van der Waals surface area contributed by atoms with Gasteiger partial charge in [0, 0.05) is 11.4 Å². The van der Waals surface area contributed by atoms with Gasteiger partial charge in [-0.15, -0.1) is 0 Å². The van der Waals surface area contributed by atoms with Crippen molar-refractivity contribution >= 4 is 39.2 Å². The number of hydrogen-bond acceptors (Lipinski definition) is 5. The second-order valence-electron chi connectivity index (χ2n) is 3.60. The van der Waals surface area contributed by atoms with E-state index in [2.05, 4.69) is 26.0 Å². The Morgan fingerprint density at radius 3 is 2.60 bits per heavy atom. The predicted molar refractivity (Wildman–Crippen MR) is 71.0 cm³/mol. The van der Waals surface area contributed by atoms with E-state index in [0.29, 0.717) is 0 Å². The summed E-state index contributed by atoms with van der Waals surface area (Å²) in [6, 6.07) is 1.02. The minimum absolute atomic E-state index is 0.00284. The zero-order valence-electron chi connectivity index (χ0n) is 10.5. The largest absolute Gasteiger partial charge is 0.462 e. The zero-order valence-corrected chi connectivity index (χ0v) is 12.1. The molecule has 0 aliphatic heterocycles. The van der Waals surface area contributed by atoms with E-state index >= 15 is 0 Å². The van der Waals surface area contributed by atoms with Crippen molar-refractivity contribution in [2.45, 2.75) is 13.8 Å². The number of anilines is 1. The third-order valence-electron chi connectivity index (χ3n) is 2.17. The number of nitrogens with zero attached hydrogens (tertiary/aromatic N) is 1. The molecule has 0 aliphatic carbocycles. The summed E-state index contributed by atoms with van der Waals surface area (Å²) in [6.45, 7) is 2.63. The minimum atomic E-state index is -1.36. The van der Waals surface area contributed by atoms with Crippen molar-refractivity contribution in [3.8, 4) is 0 Å². The lowest BCUT2D eigenvalue weighted by Gasteiger charge is -2.10. The molecular formula is C11H10BrFN2O5. The van der Waals surface area contributed by atoms with Crippen molar-refractivity contribution in [1.29, 1.82) is 0 Å². The van der Waals surface area contributed by atoms with Crippen molar-refractivity contribution in [2.24, 2.45) is 0 Å². The van der Waals surface area contributed by atoms with Gasteiger partial charge in [-0.05, 0) is 28.9 Å². The third kappa shape index (κ3) is 3.29. The summed E-state index contributed by atoms with van der Waals surface area (Å²) >= 11 is 2.95. The fourth-order valence-electron chi connectivity index (χ4n) is 1.44. The van der Waals surface area contributed by atoms with Gasteiger partial charge in [-0.1, -0.05) is 0 Å². The van der Waals surface area contributed by atoms with E-state index in [9.17, 15) is 24.1 Å². The molecule has 0 bridgehead atoms. The molecule has 9 heteroatoms. The van der Waals surface area contributed by atoms with E-state index in [0.717, 1.165) is 13.0 Å². The van der Waals surface area contributed by atoms with Crippen molar-refractivity contribution < 1.29 is 23.6 Å². The topological polar surface area (TPSA) is 98.5 Å². The Balaban J connectivity index is 3.52. The second kappa shape index (κ2) is 6.42. The zero-order chi connectivity index (χ0) is 15.4. The summed E-state index contributed by atoms with van der Waals surface area (Å²) in [5, 5.41) is 13.1. The molecule has 0 atom stereocenters. The number of carbonyl (C=O) groups excluding carboxylic acids is 2. The lowest BCUT2D eigenvalue weighted by molar-refractivity contribution is -0.386. The van der Waals surface area contributed by atoms with Crippen molar-refractivity contribution in [1.82, 2.24) is 0 Å². The number of esters is 1. The summed E-state index contributed by atoms with van der Waals surface area (Å²) in [6.07, 6.45) is 0. The number of hydrogen-bond donors (Lipinski definition) is 1. The van der Waals surface area contributed by atoms with E-state index in [-0.39, 0.29) is 16.8 Å². The van der Waals surface area contributed by atoms with Crippen LogP contribution in [0.15, 0.2) is 10.5 Å². The van der Waals surface area contributed by atoms with Gasteiger partial charge in [0.25, 0.3) is 0 Å². The van der Waals surface area contributed by atoms with Gasteiger partial charge in [0.15, 0.2) is 0 Å². The van der Waals surface area contributed by atoms with Crippen LogP contribution in [-0.2, 0) is 9.53 Å². The maximum atomic E-state index is 14.1. The van der Waals surface area contributed by atoms with Gasteiger partial charge in [0.2, 0.25) is 11.7 Å². The molecule has 20 heavy (non-hydrogen) atoms. The summed E-state index contributed by atoms with van der Waals surface area (Å²) in [5.41, 5.74) is -1.94. The van der Waals surface area contributed by atoms with Crippen LogP contribution in [0.5, 0.6) is 0 Å². The molecule has 7 nitrogen and oxygen atoms in total. The number of rotatable bonds is 4. The molecule has 0 saturated carbocycles. The van der Waals surface area contributed by atoms with E-state index in [1.54, 1.807) is 0 Å². The number of ether oxygens (including phenoxy) is 1. The third-order valence-corrected chi connectivity index (χ3v) is 2.80. The summed E-state index contributed by atoms with van der Waals surface area (Å²) in [7, 11) is 0. The molecule has 1 aromatic carbocycles. The first-order valence-corrected chi connectivity index (χ1v) is 6.20. The molecule has 1 amide bonds. The highest BCUT2D eigenvalue weighted by molar-refractivity contribution is 9.10. The number of benzene rings is 1. The average Bonchev–Trinajstić information content (AvgIpc) is 2.32. The van der Waals surface area contributed by atoms with Crippen LogP contribution in [0, 0.1) is 15.9 Å². The highest BCUT2D eigenvalue weighted by atomic mass is 79.9. The molecule has 0 unspecified atom stereocenters. The highest BCUT2D eigenvalue weighted by Crippen LogP contribution is 2.37. The molecule has 1 rings (SSSR count). The molecule has 0 fully saturated rings. The van der Waals surface area contributed by atoms with Gasteiger partial charge in [-0.3, -0.25) is 14.9 Å². The van der Waals surface area contributed by atoms with Crippen molar-refractivity contribution in [3.63, 3.8) is 0 Å². The Hall–Kier alpha value is -2.03. The monoisotopic (exact) mass is 348 g/mol. The van der Waals surface area contributed by atoms with Crippen molar-refractivity contribution in [3.05, 3.63) is 32.0 Å². The lowest BCUT2D eigenvalue weighted by atomic mass is 10.1. The average molecular weight is 349 g/mol. The number of halogens is 2. The smallest absolute Gasteiger partial charge is 0.341 e. The maximum Gasteiger partial charge on any atom is 0.341 e. The molecule has 0 aliphatic rings. The van der Waals surface area contributed by atoms with Gasteiger partial charge in [0.1, 0.15) is 11.3 Å². The van der Waals surface area contributed by atoms with Crippen LogP contribution in [0.4, 0.5) is 15.8 Å². The van der Waals surface area contributed by atoms with E-state index in [1.165, 1.54) is 6.92 Å². The van der Waals surface area contributed by atoms with Gasteiger partial charge in [-0.2, -0.15) is 4.39 Å². The molecule has 1 aromatic rings. The fourth-order valence-corrected chi connectivity index (χ4v) is 1.95. The standard InChI is InChI=1S/C11H10BrFN2O5/c1-3-20-11(17)6-4-7(12)9(14-5(2)16)10(8(6)13)15(18)19/h4H,3H2,1-2H3,(H,14,16). The minimum Gasteiger partial charge on any atom is -0.462 e. The Morgan fingerprint density at radius 2 is 2.15 bits per heavy atom. The molecule has 0 heterocycles. The van der Waals surface area contributed by atoms with Crippen LogP contribution >= 0.6 is 15.9 Å². The highest BCUT2D eigenvalue weighted by Gasteiger charge is 2.30. The SMILES string of the molecule is CCOC(=O)c1cc(Br)c(NC(C)=O)c([N+](=O)[O-])c1F. The quantitative estimate of drug-likeness (QED) is 0.512. The number of nitro benzene ring substituents is 1. The van der Waals surface area contributed by atoms with Crippen LogP contribution in [0.2, 0.25) is 0 Å². The number of carbonyl (C=O) groups is 2. The normalized spacial score (nSPS) is 10.0. The summed E-state index contributed by atoms with van der Waals surface area (Å²) in [5.74, 6) is -3.00. The van der Waals surface area contributed by atoms with E-state index < -0.39 is 33.9 Å². The van der Waals surface area contributed by atoms with Gasteiger partial charge >= 0.3 is 11.7 Å². The Bertz CT molecular complexity index is 591. The number of nitrogens with one attached hydrogen (secondary N) is 1. The first-order valence-electron chi connectivity index (χ1n) is 5.40. The predicted octanol–water partition coefficient (Wildman–Crippen LogP) is 2.63. The number of nitro groups is 1. The summed E-state index contributed by atoms with van der Waals surface area (Å²) < 4.78 is 18.7. The van der Waals surface area contributed by atoms with E-state index in [1.807, 2.05) is 0 Å². The molecule has 0 radical (unpaired) electrons. The number of amides is 1. The first-order chi connectivity index (χ1) is 9.29. The van der Waals surface area contributed by atoms with E-state index in [4.69, 9.17) is 0 Å². The molecule has 108 valence electrons. The van der Waals surface area contributed by atoms with Gasteiger partial charge in [-0.25, -0.2) is 4.79 Å². The van der Waals surface area contributed by atoms with Gasteiger partial charge in [0.05, 0.1) is 11.5 Å². The van der Waals surface area contributed by atoms with Crippen LogP contribution in [0.1, 0.15) is 24.2 Å². The Morgan fingerprint density at radius 1 is 1.55 bits per heavy atom. The summed E-state index contributed by atoms with van der Waals surface area (Å²) in [4.78, 5) is 32.5. The molecule has 0 saturated heterocycles. The second-order valence-corrected chi connectivity index (χ2v) is 4.46. The fraction of sp³-hybridized carbons (Fsp3) is 0.273. The van der Waals surface area contributed by atoms with Crippen LogP contribution in [0.25, 0.3) is 0 Å². The lowest BCUT2D eigenvalue weighted by Crippen LogP contribution is -2.14. The Kier molecular flexibility index (Phi) is 5.14. The van der Waals surface area contributed by atoms with Crippen LogP contribution in [0.3, 0.4) is 0 Å². The maximum absolute atomic E-state index is 14.1. The molecule has 0 aromatic heterocycles.